The van der Waals surface area contributed by atoms with Gasteiger partial charge in [0.25, 0.3) is 0 Å². The van der Waals surface area contributed by atoms with E-state index in [9.17, 15) is 17.6 Å². The highest BCUT2D eigenvalue weighted by Crippen LogP contribution is 2.33. The van der Waals surface area contributed by atoms with Crippen molar-refractivity contribution in [2.24, 2.45) is 0 Å². The Morgan fingerprint density at radius 1 is 1.06 bits per heavy atom. The van der Waals surface area contributed by atoms with Gasteiger partial charge in [0.15, 0.2) is 0 Å². The molecule has 0 spiro atoms. The lowest BCUT2D eigenvalue weighted by molar-refractivity contribution is -0.139. The topological polar surface area (TPSA) is 51.8 Å². The van der Waals surface area contributed by atoms with Crippen LogP contribution in [0.1, 0.15) is 5.56 Å². The van der Waals surface area contributed by atoms with Crippen LogP contribution < -0.4 is 5.73 Å². The Bertz CT molecular complexity index is 581. The fourth-order valence-corrected chi connectivity index (χ4v) is 1.46. The third kappa shape index (κ3) is 2.24. The lowest BCUT2D eigenvalue weighted by Gasteiger charge is -2.09. The molecule has 0 saturated carbocycles. The number of hydrogen-bond acceptors (Lipinski definition) is 3. The fourth-order valence-electron chi connectivity index (χ4n) is 1.46. The van der Waals surface area contributed by atoms with Gasteiger partial charge in [-0.25, -0.2) is 9.37 Å². The number of anilines is 1. The van der Waals surface area contributed by atoms with Crippen molar-refractivity contribution in [2.75, 3.05) is 5.73 Å². The second-order valence-electron chi connectivity index (χ2n) is 3.48. The summed E-state index contributed by atoms with van der Waals surface area (Å²) < 4.78 is 50.5. The maximum atomic E-state index is 13.4. The molecule has 3 nitrogen and oxygen atoms in total. The van der Waals surface area contributed by atoms with Crippen LogP contribution in [0.2, 0.25) is 0 Å². The SMILES string of the molecule is Nc1nccnc1-c1ccc(C(F)(F)F)c(F)c1. The molecule has 0 aliphatic heterocycles. The van der Waals surface area contributed by atoms with Gasteiger partial charge in [0.05, 0.1) is 5.56 Å². The molecule has 94 valence electrons. The van der Waals surface area contributed by atoms with Gasteiger partial charge in [-0.1, -0.05) is 6.07 Å². The maximum Gasteiger partial charge on any atom is 0.419 e. The van der Waals surface area contributed by atoms with Gasteiger partial charge < -0.3 is 5.73 Å². The zero-order chi connectivity index (χ0) is 13.3. The predicted molar refractivity (Wildman–Crippen MR) is 56.8 cm³/mol. The molecule has 0 aliphatic rings. The standard InChI is InChI=1S/C11H7F4N3/c12-8-5-6(1-2-7(8)11(13,14)15)9-10(16)18-4-3-17-9/h1-5H,(H2,16,18). The minimum atomic E-state index is -4.73. The van der Waals surface area contributed by atoms with E-state index in [0.717, 1.165) is 12.1 Å². The number of benzene rings is 1. The number of nitrogens with zero attached hydrogens (tertiary/aromatic N) is 2. The van der Waals surface area contributed by atoms with Crippen molar-refractivity contribution in [2.45, 2.75) is 6.18 Å². The van der Waals surface area contributed by atoms with Crippen molar-refractivity contribution in [3.05, 3.63) is 42.0 Å². The van der Waals surface area contributed by atoms with Crippen molar-refractivity contribution in [1.29, 1.82) is 0 Å². The summed E-state index contributed by atoms with van der Waals surface area (Å²) in [5.41, 5.74) is 4.47. The molecule has 0 radical (unpaired) electrons. The lowest BCUT2D eigenvalue weighted by Crippen LogP contribution is -2.08. The Morgan fingerprint density at radius 3 is 2.28 bits per heavy atom. The zero-order valence-corrected chi connectivity index (χ0v) is 8.87. The number of aromatic nitrogens is 2. The molecule has 0 fully saturated rings. The van der Waals surface area contributed by atoms with Crippen LogP contribution >= 0.6 is 0 Å². The first-order valence-electron chi connectivity index (χ1n) is 4.83. The summed E-state index contributed by atoms with van der Waals surface area (Å²) in [4.78, 5) is 7.57. The van der Waals surface area contributed by atoms with Gasteiger partial charge in [-0.3, -0.25) is 4.98 Å². The molecular formula is C11H7F4N3. The monoisotopic (exact) mass is 257 g/mol. The van der Waals surface area contributed by atoms with Gasteiger partial charge in [-0.2, -0.15) is 13.2 Å². The second-order valence-corrected chi connectivity index (χ2v) is 3.48. The van der Waals surface area contributed by atoms with Crippen molar-refractivity contribution in [1.82, 2.24) is 9.97 Å². The van der Waals surface area contributed by atoms with Crippen LogP contribution in [-0.4, -0.2) is 9.97 Å². The fraction of sp³-hybridized carbons (Fsp3) is 0.0909. The van der Waals surface area contributed by atoms with E-state index in [1.54, 1.807) is 0 Å². The number of nitrogens with two attached hydrogens (primary N) is 1. The zero-order valence-electron chi connectivity index (χ0n) is 8.87. The highest BCUT2D eigenvalue weighted by Gasteiger charge is 2.34. The Balaban J connectivity index is 2.51. The number of alkyl halides is 3. The van der Waals surface area contributed by atoms with Crippen molar-refractivity contribution in [3.63, 3.8) is 0 Å². The molecule has 18 heavy (non-hydrogen) atoms. The molecule has 0 atom stereocenters. The van der Waals surface area contributed by atoms with E-state index in [4.69, 9.17) is 5.73 Å². The Labute approximate surface area is 99.3 Å². The Kier molecular flexibility index (Phi) is 2.90. The average molecular weight is 257 g/mol. The van der Waals surface area contributed by atoms with Crippen LogP contribution in [0.3, 0.4) is 0 Å². The summed E-state index contributed by atoms with van der Waals surface area (Å²) >= 11 is 0. The smallest absolute Gasteiger partial charge is 0.382 e. The minimum Gasteiger partial charge on any atom is -0.382 e. The van der Waals surface area contributed by atoms with Crippen molar-refractivity contribution in [3.8, 4) is 11.3 Å². The molecule has 1 heterocycles. The molecule has 0 bridgehead atoms. The largest absolute Gasteiger partial charge is 0.419 e. The van der Waals surface area contributed by atoms with Gasteiger partial charge >= 0.3 is 6.18 Å². The highest BCUT2D eigenvalue weighted by molar-refractivity contribution is 5.69. The molecule has 0 aliphatic carbocycles. The average Bonchev–Trinajstić information content (AvgIpc) is 2.27. The molecule has 7 heteroatoms. The molecule has 2 N–H and O–H groups in total. The second kappa shape index (κ2) is 4.25. The summed E-state index contributed by atoms with van der Waals surface area (Å²) in [6.45, 7) is 0. The summed E-state index contributed by atoms with van der Waals surface area (Å²) in [5, 5.41) is 0. The predicted octanol–water partition coefficient (Wildman–Crippen LogP) is 2.88. The molecule has 0 saturated heterocycles. The van der Waals surface area contributed by atoms with Crippen LogP contribution in [0.4, 0.5) is 23.4 Å². The maximum absolute atomic E-state index is 13.4. The van der Waals surface area contributed by atoms with Crippen LogP contribution in [0.25, 0.3) is 11.3 Å². The van der Waals surface area contributed by atoms with Crippen molar-refractivity contribution < 1.29 is 17.6 Å². The van der Waals surface area contributed by atoms with Gasteiger partial charge in [-0.15, -0.1) is 0 Å². The molecule has 0 unspecified atom stereocenters. The van der Waals surface area contributed by atoms with Crippen LogP contribution in [0.5, 0.6) is 0 Å². The number of hydrogen-bond donors (Lipinski definition) is 1. The Hall–Kier alpha value is -2.18. The lowest BCUT2D eigenvalue weighted by atomic mass is 10.1. The third-order valence-electron chi connectivity index (χ3n) is 2.27. The molecule has 0 amide bonds. The first kappa shape index (κ1) is 12.3. The summed E-state index contributed by atoms with van der Waals surface area (Å²) in [6, 6.07) is 2.49. The van der Waals surface area contributed by atoms with E-state index in [2.05, 4.69) is 9.97 Å². The summed E-state index contributed by atoms with van der Waals surface area (Å²) in [5.74, 6) is -1.35. The van der Waals surface area contributed by atoms with Crippen LogP contribution in [0, 0.1) is 5.82 Å². The number of rotatable bonds is 1. The van der Waals surface area contributed by atoms with Crippen LogP contribution in [0.15, 0.2) is 30.6 Å². The Morgan fingerprint density at radius 2 is 1.72 bits per heavy atom. The molecule has 1 aromatic heterocycles. The van der Waals surface area contributed by atoms with E-state index < -0.39 is 17.6 Å². The van der Waals surface area contributed by atoms with Gasteiger partial charge in [0, 0.05) is 18.0 Å². The van der Waals surface area contributed by atoms with Crippen molar-refractivity contribution >= 4 is 5.82 Å². The quantitative estimate of drug-likeness (QED) is 0.799. The number of halogens is 4. The minimum absolute atomic E-state index is 0.0247. The van der Waals surface area contributed by atoms with E-state index in [1.165, 1.54) is 12.4 Å². The molecule has 2 aromatic rings. The highest BCUT2D eigenvalue weighted by atomic mass is 19.4. The normalized spacial score (nSPS) is 11.6. The van der Waals surface area contributed by atoms with E-state index in [1.807, 2.05) is 0 Å². The van der Waals surface area contributed by atoms with E-state index >= 15 is 0 Å². The molecular weight excluding hydrogens is 250 g/mol. The van der Waals surface area contributed by atoms with Gasteiger partial charge in [0.1, 0.15) is 17.3 Å². The van der Waals surface area contributed by atoms with E-state index in [-0.39, 0.29) is 17.1 Å². The van der Waals surface area contributed by atoms with Gasteiger partial charge in [0.2, 0.25) is 0 Å². The van der Waals surface area contributed by atoms with E-state index in [0.29, 0.717) is 6.07 Å². The molecule has 1 aromatic carbocycles. The van der Waals surface area contributed by atoms with Gasteiger partial charge in [-0.05, 0) is 12.1 Å². The third-order valence-corrected chi connectivity index (χ3v) is 2.27. The summed E-state index contributed by atoms with van der Waals surface area (Å²) in [6.07, 6.45) is -2.07. The van der Waals surface area contributed by atoms with Crippen LogP contribution in [-0.2, 0) is 6.18 Å². The first-order chi connectivity index (χ1) is 8.39. The number of nitrogen functional groups attached to an aromatic ring is 1. The first-order valence-corrected chi connectivity index (χ1v) is 4.83. The molecule has 2 rings (SSSR count). The summed E-state index contributed by atoms with van der Waals surface area (Å²) in [7, 11) is 0.